The molecule has 0 heterocycles. The molecule has 0 unspecified atom stereocenters. The average molecular weight is 477 g/mol. The fourth-order valence-electron chi connectivity index (χ4n) is 1.72. The molecule has 0 aliphatic carbocycles. The quantitative estimate of drug-likeness (QED) is 0.465. The van der Waals surface area contributed by atoms with Crippen LogP contribution in [0, 0.1) is 0 Å². The van der Waals surface area contributed by atoms with Crippen molar-refractivity contribution in [1.29, 1.82) is 0 Å². The van der Waals surface area contributed by atoms with Gasteiger partial charge in [0.05, 0.1) is 10.6 Å². The zero-order valence-electron chi connectivity index (χ0n) is 13.0. The van der Waals surface area contributed by atoms with Crippen LogP contribution in [0.5, 0.6) is 5.75 Å². The molecule has 3 N–H and O–H groups in total. The van der Waals surface area contributed by atoms with Crippen LogP contribution in [-0.2, 0) is 4.79 Å². The first-order valence-corrected chi connectivity index (χ1v) is 9.04. The van der Waals surface area contributed by atoms with Crippen LogP contribution in [0.1, 0.15) is 10.4 Å². The largest absolute Gasteiger partial charge is 0.484 e. The number of halogens is 3. The second-order valence-corrected chi connectivity index (χ2v) is 6.99. The van der Waals surface area contributed by atoms with Crippen molar-refractivity contribution in [2.75, 3.05) is 6.61 Å². The number of ether oxygens (including phenoxy) is 1. The lowest BCUT2D eigenvalue weighted by molar-refractivity contribution is -0.123. The molecule has 0 bridgehead atoms. The minimum Gasteiger partial charge on any atom is -0.484 e. The van der Waals surface area contributed by atoms with Crippen LogP contribution in [0.15, 0.2) is 46.9 Å². The molecule has 6 nitrogen and oxygen atoms in total. The van der Waals surface area contributed by atoms with Gasteiger partial charge in [-0.2, -0.15) is 0 Å². The molecule has 0 atom stereocenters. The summed E-state index contributed by atoms with van der Waals surface area (Å²) in [6, 6.07) is 11.4. The Kier molecular flexibility index (Phi) is 7.65. The third-order valence-corrected chi connectivity index (χ3v) is 4.18. The van der Waals surface area contributed by atoms with Gasteiger partial charge in [-0.15, -0.1) is 0 Å². The van der Waals surface area contributed by atoms with E-state index in [0.29, 0.717) is 10.8 Å². The first kappa shape index (κ1) is 20.4. The van der Waals surface area contributed by atoms with E-state index in [2.05, 4.69) is 32.1 Å². The number of nitrogens with one attached hydrogen (secondary N) is 3. The molecule has 0 spiro atoms. The first-order valence-electron chi connectivity index (χ1n) is 7.09. The monoisotopic (exact) mass is 475 g/mol. The highest BCUT2D eigenvalue weighted by Crippen LogP contribution is 2.20. The lowest BCUT2D eigenvalue weighted by Gasteiger charge is -2.12. The van der Waals surface area contributed by atoms with Gasteiger partial charge in [0.1, 0.15) is 5.75 Å². The van der Waals surface area contributed by atoms with Crippen LogP contribution in [0.2, 0.25) is 10.0 Å². The molecule has 2 amide bonds. The zero-order valence-corrected chi connectivity index (χ0v) is 16.9. The smallest absolute Gasteiger partial charge is 0.276 e. The Bertz CT molecular complexity index is 834. The fraction of sp³-hybridized carbons (Fsp3) is 0.0625. The van der Waals surface area contributed by atoms with E-state index in [9.17, 15) is 9.59 Å². The Morgan fingerprint density at radius 2 is 1.77 bits per heavy atom. The zero-order chi connectivity index (χ0) is 19.1. The van der Waals surface area contributed by atoms with Crippen molar-refractivity contribution < 1.29 is 14.3 Å². The molecule has 0 aliphatic heterocycles. The van der Waals surface area contributed by atoms with E-state index in [1.165, 1.54) is 18.2 Å². The number of hydrazine groups is 1. The fourth-order valence-corrected chi connectivity index (χ4v) is 2.62. The van der Waals surface area contributed by atoms with E-state index >= 15 is 0 Å². The van der Waals surface area contributed by atoms with Gasteiger partial charge >= 0.3 is 0 Å². The van der Waals surface area contributed by atoms with Crippen molar-refractivity contribution in [2.45, 2.75) is 0 Å². The Morgan fingerprint density at radius 1 is 1.08 bits per heavy atom. The summed E-state index contributed by atoms with van der Waals surface area (Å²) in [6.07, 6.45) is 0. The SMILES string of the molecule is O=C(COc1ccc(Br)cc1)NNC(=S)NC(=O)c1ccc(Cl)cc1Cl. The van der Waals surface area contributed by atoms with E-state index in [0.717, 1.165) is 4.47 Å². The summed E-state index contributed by atoms with van der Waals surface area (Å²) >= 11 is 20.0. The molecule has 136 valence electrons. The van der Waals surface area contributed by atoms with Crippen LogP contribution in [-0.4, -0.2) is 23.5 Å². The van der Waals surface area contributed by atoms with Crippen molar-refractivity contribution in [3.05, 3.63) is 62.5 Å². The highest BCUT2D eigenvalue weighted by molar-refractivity contribution is 9.10. The predicted octanol–water partition coefficient (Wildman–Crippen LogP) is 3.47. The Hall–Kier alpha value is -1.87. The number of rotatable bonds is 4. The molecule has 0 saturated heterocycles. The molecule has 2 aromatic rings. The van der Waals surface area contributed by atoms with Crippen LogP contribution >= 0.6 is 51.3 Å². The molecular formula is C16H12BrCl2N3O3S. The van der Waals surface area contributed by atoms with Crippen molar-refractivity contribution in [1.82, 2.24) is 16.2 Å². The Labute approximate surface area is 173 Å². The maximum absolute atomic E-state index is 12.1. The number of hydrogen-bond donors (Lipinski definition) is 3. The third-order valence-electron chi connectivity index (χ3n) is 2.90. The number of carbonyl (C=O) groups is 2. The minimum atomic E-state index is -0.537. The van der Waals surface area contributed by atoms with Gasteiger partial charge < -0.3 is 4.74 Å². The van der Waals surface area contributed by atoms with E-state index < -0.39 is 11.8 Å². The lowest BCUT2D eigenvalue weighted by Crippen LogP contribution is -2.49. The van der Waals surface area contributed by atoms with Crippen LogP contribution in [0.4, 0.5) is 0 Å². The van der Waals surface area contributed by atoms with E-state index in [-0.39, 0.29) is 22.3 Å². The van der Waals surface area contributed by atoms with E-state index in [1.807, 2.05) is 0 Å². The topological polar surface area (TPSA) is 79.5 Å². The second kappa shape index (κ2) is 9.72. The van der Waals surface area contributed by atoms with Crippen LogP contribution < -0.4 is 20.9 Å². The number of hydrogen-bond acceptors (Lipinski definition) is 4. The van der Waals surface area contributed by atoms with Crippen molar-refractivity contribution in [2.24, 2.45) is 0 Å². The first-order chi connectivity index (χ1) is 12.3. The van der Waals surface area contributed by atoms with Crippen molar-refractivity contribution >= 4 is 68.3 Å². The Balaban J connectivity index is 1.76. The molecule has 0 fully saturated rings. The molecule has 10 heteroatoms. The second-order valence-electron chi connectivity index (χ2n) is 4.82. The molecule has 0 aliphatic rings. The molecule has 26 heavy (non-hydrogen) atoms. The van der Waals surface area contributed by atoms with Gasteiger partial charge in [0, 0.05) is 9.50 Å². The summed E-state index contributed by atoms with van der Waals surface area (Å²) in [4.78, 5) is 23.8. The maximum Gasteiger partial charge on any atom is 0.276 e. The number of benzene rings is 2. The third kappa shape index (κ3) is 6.45. The summed E-state index contributed by atoms with van der Waals surface area (Å²) < 4.78 is 6.20. The number of carbonyl (C=O) groups excluding carboxylic acids is 2. The molecule has 0 saturated carbocycles. The van der Waals surface area contributed by atoms with Gasteiger partial charge in [0.25, 0.3) is 11.8 Å². The summed E-state index contributed by atoms with van der Waals surface area (Å²) in [5, 5.41) is 2.88. The minimum absolute atomic E-state index is 0.0991. The summed E-state index contributed by atoms with van der Waals surface area (Å²) in [5.41, 5.74) is 4.91. The van der Waals surface area contributed by atoms with Crippen LogP contribution in [0.25, 0.3) is 0 Å². The molecular weight excluding hydrogens is 465 g/mol. The number of amides is 2. The molecule has 2 aromatic carbocycles. The Morgan fingerprint density at radius 3 is 2.42 bits per heavy atom. The predicted molar refractivity (Wildman–Crippen MR) is 107 cm³/mol. The van der Waals surface area contributed by atoms with Gasteiger partial charge in [-0.1, -0.05) is 39.1 Å². The van der Waals surface area contributed by atoms with E-state index in [4.69, 9.17) is 40.2 Å². The highest BCUT2D eigenvalue weighted by Gasteiger charge is 2.12. The van der Waals surface area contributed by atoms with Crippen LogP contribution in [0.3, 0.4) is 0 Å². The summed E-state index contributed by atoms with van der Waals surface area (Å²) in [7, 11) is 0. The van der Waals surface area contributed by atoms with Gasteiger partial charge in [-0.3, -0.25) is 25.8 Å². The highest BCUT2D eigenvalue weighted by atomic mass is 79.9. The standard InChI is InChI=1S/C16H12BrCl2N3O3S/c17-9-1-4-11(5-2-9)25-8-14(23)21-22-16(26)20-15(24)12-6-3-10(18)7-13(12)19/h1-7H,8H2,(H,21,23)(H2,20,22,24,26). The van der Waals surface area contributed by atoms with E-state index in [1.54, 1.807) is 24.3 Å². The lowest BCUT2D eigenvalue weighted by atomic mass is 10.2. The summed E-state index contributed by atoms with van der Waals surface area (Å²) in [5.74, 6) is -0.477. The van der Waals surface area contributed by atoms with Crippen molar-refractivity contribution in [3.8, 4) is 5.75 Å². The molecule has 2 rings (SSSR count). The maximum atomic E-state index is 12.1. The summed E-state index contributed by atoms with van der Waals surface area (Å²) in [6.45, 7) is -0.228. The van der Waals surface area contributed by atoms with Gasteiger partial charge in [0.15, 0.2) is 11.7 Å². The average Bonchev–Trinajstić information content (AvgIpc) is 2.59. The van der Waals surface area contributed by atoms with Crippen molar-refractivity contribution in [3.63, 3.8) is 0 Å². The molecule has 0 aromatic heterocycles. The van der Waals surface area contributed by atoms with Gasteiger partial charge in [0.2, 0.25) is 0 Å². The molecule has 0 radical (unpaired) electrons. The number of thiocarbonyl (C=S) groups is 1. The van der Waals surface area contributed by atoms with Gasteiger partial charge in [-0.05, 0) is 54.7 Å². The normalized spacial score (nSPS) is 9.96. The van der Waals surface area contributed by atoms with Gasteiger partial charge in [-0.25, -0.2) is 0 Å².